The van der Waals surface area contributed by atoms with Crippen LogP contribution in [0.2, 0.25) is 0 Å². The third kappa shape index (κ3) is 4.46. The van der Waals surface area contributed by atoms with Crippen LogP contribution < -0.4 is 5.90 Å². The van der Waals surface area contributed by atoms with E-state index in [0.717, 1.165) is 0 Å². The molecule has 3 N–H and O–H groups in total. The molecule has 0 radical (unpaired) electrons. The van der Waals surface area contributed by atoms with E-state index >= 15 is 0 Å². The molecule has 0 spiro atoms. The minimum absolute atomic E-state index is 0.131. The van der Waals surface area contributed by atoms with E-state index in [0.29, 0.717) is 13.2 Å². The molecule has 0 aliphatic heterocycles. The zero-order valence-electron chi connectivity index (χ0n) is 5.82. The Hall–Kier alpha value is -0.420. The molecule has 0 rings (SSSR count). The third-order valence-corrected chi connectivity index (χ3v) is 0.936. The Kier molecular flexibility index (Phi) is 6.42. The molecule has 4 nitrogen and oxygen atoms in total. The lowest BCUT2D eigenvalue weighted by atomic mass is 10.4. The smallest absolute Gasteiger partial charge is 0.125 e. The van der Waals surface area contributed by atoms with Gasteiger partial charge >= 0.3 is 0 Å². The summed E-state index contributed by atoms with van der Waals surface area (Å²) in [7, 11) is 0. The van der Waals surface area contributed by atoms with Crippen molar-refractivity contribution in [3.63, 3.8) is 0 Å². The van der Waals surface area contributed by atoms with Crippen molar-refractivity contribution < 1.29 is 14.7 Å². The number of rotatable bonds is 6. The van der Waals surface area contributed by atoms with Crippen molar-refractivity contribution in [3.8, 4) is 0 Å². The Morgan fingerprint density at radius 3 is 2.80 bits per heavy atom. The quantitative estimate of drug-likeness (QED) is 0.300. The molecule has 60 valence electrons. The predicted octanol–water partition coefficient (Wildman–Crippen LogP) is -0.560. The highest BCUT2D eigenvalue weighted by Crippen LogP contribution is 1.87. The van der Waals surface area contributed by atoms with Crippen molar-refractivity contribution in [1.82, 2.24) is 0 Å². The van der Waals surface area contributed by atoms with Gasteiger partial charge in [0.2, 0.25) is 0 Å². The zero-order valence-corrected chi connectivity index (χ0v) is 5.82. The van der Waals surface area contributed by atoms with Crippen molar-refractivity contribution in [3.05, 3.63) is 12.7 Å². The summed E-state index contributed by atoms with van der Waals surface area (Å²) < 4.78 is 4.94. The zero-order chi connectivity index (χ0) is 7.82. The second kappa shape index (κ2) is 6.70. The van der Waals surface area contributed by atoms with Crippen LogP contribution in [0.15, 0.2) is 12.7 Å². The van der Waals surface area contributed by atoms with E-state index in [4.69, 9.17) is 15.7 Å². The minimum atomic E-state index is -0.431. The van der Waals surface area contributed by atoms with Gasteiger partial charge in [-0.15, -0.1) is 6.58 Å². The van der Waals surface area contributed by atoms with E-state index in [9.17, 15) is 0 Å². The summed E-state index contributed by atoms with van der Waals surface area (Å²) in [4.78, 5) is 4.34. The molecule has 0 aromatic heterocycles. The molecule has 0 saturated heterocycles. The molecule has 1 atom stereocenters. The van der Waals surface area contributed by atoms with Gasteiger partial charge in [-0.05, 0) is 0 Å². The summed E-state index contributed by atoms with van der Waals surface area (Å²) in [6, 6.07) is 0. The second-order valence-corrected chi connectivity index (χ2v) is 1.77. The number of nitrogens with two attached hydrogens (primary N) is 1. The van der Waals surface area contributed by atoms with Gasteiger partial charge in [0.15, 0.2) is 0 Å². The van der Waals surface area contributed by atoms with Crippen LogP contribution in [0.3, 0.4) is 0 Å². The Morgan fingerprint density at radius 2 is 2.40 bits per heavy atom. The molecule has 0 aliphatic carbocycles. The number of aliphatic hydroxyl groups excluding tert-OH is 1. The summed E-state index contributed by atoms with van der Waals surface area (Å²) in [5, 5.41) is 8.51. The average molecular weight is 147 g/mol. The van der Waals surface area contributed by atoms with Crippen LogP contribution in [0.1, 0.15) is 0 Å². The van der Waals surface area contributed by atoms with Crippen LogP contribution in [0, 0.1) is 0 Å². The van der Waals surface area contributed by atoms with E-state index in [2.05, 4.69) is 11.4 Å². The van der Waals surface area contributed by atoms with E-state index in [1.54, 1.807) is 6.08 Å². The number of aliphatic hydroxyl groups is 1. The van der Waals surface area contributed by atoms with Crippen LogP contribution in [0.5, 0.6) is 0 Å². The maximum atomic E-state index is 8.51. The molecule has 0 heterocycles. The van der Waals surface area contributed by atoms with Gasteiger partial charge in [0.25, 0.3) is 0 Å². The van der Waals surface area contributed by atoms with Gasteiger partial charge in [-0.3, -0.25) is 4.84 Å². The summed E-state index contributed by atoms with van der Waals surface area (Å²) in [6.45, 7) is 4.05. The molecule has 0 aromatic carbocycles. The summed E-state index contributed by atoms with van der Waals surface area (Å²) in [5.41, 5.74) is 0. The fourth-order valence-electron chi connectivity index (χ4n) is 0.418. The molecule has 0 aromatic rings. The number of ether oxygens (including phenoxy) is 1. The summed E-state index contributed by atoms with van der Waals surface area (Å²) in [6.07, 6.45) is 1.19. The molecule has 4 heteroatoms. The molecule has 0 bridgehead atoms. The van der Waals surface area contributed by atoms with Gasteiger partial charge in [0, 0.05) is 0 Å². The average Bonchev–Trinajstić information content (AvgIpc) is 1.99. The second-order valence-electron chi connectivity index (χ2n) is 1.77. The van der Waals surface area contributed by atoms with Crippen molar-refractivity contribution in [2.45, 2.75) is 6.10 Å². The Bertz CT molecular complexity index is 83.1. The van der Waals surface area contributed by atoms with Gasteiger partial charge < -0.3 is 9.84 Å². The first-order valence-electron chi connectivity index (χ1n) is 3.00. The van der Waals surface area contributed by atoms with Gasteiger partial charge in [-0.1, -0.05) is 6.08 Å². The van der Waals surface area contributed by atoms with Crippen molar-refractivity contribution in [2.24, 2.45) is 5.90 Å². The molecule has 0 fully saturated rings. The molecule has 0 saturated carbocycles. The lowest BCUT2D eigenvalue weighted by molar-refractivity contribution is -0.0386. The fraction of sp³-hybridized carbons (Fsp3) is 0.667. The Balaban J connectivity index is 3.16. The molecular weight excluding hydrogens is 134 g/mol. The van der Waals surface area contributed by atoms with E-state index in [1.807, 2.05) is 0 Å². The van der Waals surface area contributed by atoms with Crippen LogP contribution >= 0.6 is 0 Å². The van der Waals surface area contributed by atoms with Gasteiger partial charge in [0.05, 0.1) is 19.8 Å². The van der Waals surface area contributed by atoms with E-state index in [1.165, 1.54) is 0 Å². The van der Waals surface area contributed by atoms with Crippen molar-refractivity contribution >= 4 is 0 Å². The maximum Gasteiger partial charge on any atom is 0.125 e. The molecular formula is C6H13NO3. The summed E-state index contributed by atoms with van der Waals surface area (Å²) >= 11 is 0. The lowest BCUT2D eigenvalue weighted by Gasteiger charge is -2.09. The number of hydrogen-bond donors (Lipinski definition) is 2. The maximum absolute atomic E-state index is 8.51. The van der Waals surface area contributed by atoms with Crippen LogP contribution in [0.25, 0.3) is 0 Å². The van der Waals surface area contributed by atoms with Gasteiger partial charge in [-0.25, -0.2) is 5.90 Å². The van der Waals surface area contributed by atoms with E-state index in [-0.39, 0.29) is 6.61 Å². The standard InChI is InChI=1S/C6H13NO3/c1-2-3-9-5-6(4-8)10-7/h2,6,8H,1,3-5,7H2/t6-/m0/s1. The largest absolute Gasteiger partial charge is 0.393 e. The van der Waals surface area contributed by atoms with E-state index < -0.39 is 6.10 Å². The minimum Gasteiger partial charge on any atom is -0.393 e. The Morgan fingerprint density at radius 1 is 1.70 bits per heavy atom. The fourth-order valence-corrected chi connectivity index (χ4v) is 0.418. The highest BCUT2D eigenvalue weighted by atomic mass is 16.6. The first-order chi connectivity index (χ1) is 4.85. The molecule has 0 unspecified atom stereocenters. The summed E-state index contributed by atoms with van der Waals surface area (Å²) in [5.74, 6) is 4.80. The third-order valence-electron chi connectivity index (χ3n) is 0.936. The lowest BCUT2D eigenvalue weighted by Crippen LogP contribution is -2.26. The van der Waals surface area contributed by atoms with Crippen LogP contribution in [0.4, 0.5) is 0 Å². The van der Waals surface area contributed by atoms with Crippen LogP contribution in [-0.4, -0.2) is 31.0 Å². The Labute approximate surface area is 60.2 Å². The normalized spacial score (nSPS) is 13.0. The predicted molar refractivity (Wildman–Crippen MR) is 37.2 cm³/mol. The van der Waals surface area contributed by atoms with Gasteiger partial charge in [0.1, 0.15) is 6.10 Å². The highest BCUT2D eigenvalue weighted by molar-refractivity contribution is 4.64. The number of hydrogen-bond acceptors (Lipinski definition) is 4. The van der Waals surface area contributed by atoms with Crippen molar-refractivity contribution in [2.75, 3.05) is 19.8 Å². The van der Waals surface area contributed by atoms with Crippen LogP contribution in [-0.2, 0) is 9.57 Å². The molecule has 0 aliphatic rings. The van der Waals surface area contributed by atoms with Crippen molar-refractivity contribution in [1.29, 1.82) is 0 Å². The molecule has 10 heavy (non-hydrogen) atoms. The topological polar surface area (TPSA) is 64.7 Å². The monoisotopic (exact) mass is 147 g/mol. The first kappa shape index (κ1) is 9.58. The van der Waals surface area contributed by atoms with Gasteiger partial charge in [-0.2, -0.15) is 0 Å². The molecule has 0 amide bonds. The first-order valence-corrected chi connectivity index (χ1v) is 3.00. The SMILES string of the molecule is C=CCOC[C@H](CO)ON. The highest BCUT2D eigenvalue weighted by Gasteiger charge is 2.04.